The van der Waals surface area contributed by atoms with E-state index < -0.39 is 28.6 Å². The van der Waals surface area contributed by atoms with Gasteiger partial charge in [-0.2, -0.15) is 5.10 Å². The summed E-state index contributed by atoms with van der Waals surface area (Å²) in [5, 5.41) is 17.4. The molecule has 0 aliphatic rings. The Labute approximate surface area is 169 Å². The largest absolute Gasteiger partial charge is 0.506 e. The molecular formula is C21H17FN4O4. The number of nitrogens with one attached hydrogen (secondary N) is 2. The van der Waals surface area contributed by atoms with Crippen molar-refractivity contribution in [2.24, 2.45) is 0 Å². The fraction of sp³-hybridized carbons (Fsp3) is 0.0952. The molecule has 0 aliphatic heterocycles. The fourth-order valence-electron chi connectivity index (χ4n) is 3.13. The molecule has 0 unspecified atom stereocenters. The topological polar surface area (TPSA) is 109 Å². The zero-order chi connectivity index (χ0) is 21.3. The lowest BCUT2D eigenvalue weighted by molar-refractivity contribution is 0.102. The Kier molecular flexibility index (Phi) is 4.93. The normalized spacial score (nSPS) is 10.9. The van der Waals surface area contributed by atoms with Crippen LogP contribution in [0.5, 0.6) is 11.5 Å². The second-order valence-electron chi connectivity index (χ2n) is 6.53. The smallest absolute Gasteiger partial charge is 0.266 e. The molecule has 0 atom stereocenters. The van der Waals surface area contributed by atoms with Crippen molar-refractivity contribution in [2.45, 2.75) is 6.54 Å². The van der Waals surface area contributed by atoms with E-state index in [2.05, 4.69) is 15.4 Å². The number of aromatic hydroxyl groups is 1. The maximum Gasteiger partial charge on any atom is 0.266 e. The van der Waals surface area contributed by atoms with Gasteiger partial charge >= 0.3 is 0 Å². The summed E-state index contributed by atoms with van der Waals surface area (Å²) in [5.41, 5.74) is 0.0656. The van der Waals surface area contributed by atoms with Gasteiger partial charge in [-0.25, -0.2) is 9.07 Å². The molecule has 9 heteroatoms. The Balaban J connectivity index is 1.67. The molecule has 0 bridgehead atoms. The first-order valence-corrected chi connectivity index (χ1v) is 8.97. The Morgan fingerprint density at radius 2 is 2.03 bits per heavy atom. The maximum atomic E-state index is 13.8. The number of amides is 1. The van der Waals surface area contributed by atoms with Crippen molar-refractivity contribution >= 4 is 22.6 Å². The first kappa shape index (κ1) is 19.2. The lowest BCUT2D eigenvalue weighted by Gasteiger charge is -2.09. The van der Waals surface area contributed by atoms with Gasteiger partial charge in [0.2, 0.25) is 0 Å². The predicted octanol–water partition coefficient (Wildman–Crippen LogP) is 2.88. The van der Waals surface area contributed by atoms with E-state index in [9.17, 15) is 19.1 Å². The second kappa shape index (κ2) is 7.70. The van der Waals surface area contributed by atoms with Gasteiger partial charge in [-0.3, -0.25) is 9.59 Å². The molecule has 0 saturated carbocycles. The summed E-state index contributed by atoms with van der Waals surface area (Å²) in [6.45, 7) is 0.371. The molecule has 4 aromatic rings. The third kappa shape index (κ3) is 3.48. The Bertz CT molecular complexity index is 1300. The van der Waals surface area contributed by atoms with E-state index in [-0.39, 0.29) is 22.5 Å². The summed E-state index contributed by atoms with van der Waals surface area (Å²) in [4.78, 5) is 27.7. The summed E-state index contributed by atoms with van der Waals surface area (Å²) in [6, 6.07) is 13.3. The average molecular weight is 408 g/mol. The summed E-state index contributed by atoms with van der Waals surface area (Å²) in [6.07, 6.45) is 1.37. The van der Waals surface area contributed by atoms with Crippen LogP contribution >= 0.6 is 0 Å². The molecule has 3 N–H and O–H groups in total. The van der Waals surface area contributed by atoms with Crippen LogP contribution in [-0.2, 0) is 6.54 Å². The van der Waals surface area contributed by atoms with Gasteiger partial charge in [-0.1, -0.05) is 30.3 Å². The van der Waals surface area contributed by atoms with E-state index in [0.29, 0.717) is 6.54 Å². The molecule has 2 heterocycles. The van der Waals surface area contributed by atoms with Gasteiger partial charge in [0.15, 0.2) is 11.6 Å². The van der Waals surface area contributed by atoms with Gasteiger partial charge in [-0.15, -0.1) is 0 Å². The number of aromatic amines is 1. The van der Waals surface area contributed by atoms with Gasteiger partial charge in [0.25, 0.3) is 11.5 Å². The molecule has 2 aromatic heterocycles. The number of carbonyl (C=O) groups excluding carboxylic acids is 1. The average Bonchev–Trinajstić information content (AvgIpc) is 3.11. The van der Waals surface area contributed by atoms with Gasteiger partial charge in [0.05, 0.1) is 25.2 Å². The number of pyridine rings is 1. The van der Waals surface area contributed by atoms with Crippen molar-refractivity contribution in [3.63, 3.8) is 0 Å². The van der Waals surface area contributed by atoms with Crippen LogP contribution in [-0.4, -0.2) is 32.9 Å². The fourth-order valence-corrected chi connectivity index (χ4v) is 3.13. The minimum absolute atomic E-state index is 0.0148. The minimum Gasteiger partial charge on any atom is -0.506 e. The highest BCUT2D eigenvalue weighted by atomic mass is 19.1. The summed E-state index contributed by atoms with van der Waals surface area (Å²) in [5.74, 6) is -2.04. The molecule has 1 amide bonds. The minimum atomic E-state index is -0.879. The van der Waals surface area contributed by atoms with Crippen molar-refractivity contribution in [1.82, 2.24) is 14.8 Å². The summed E-state index contributed by atoms with van der Waals surface area (Å²) < 4.78 is 20.2. The monoisotopic (exact) mass is 408 g/mol. The van der Waals surface area contributed by atoms with E-state index in [4.69, 9.17) is 4.74 Å². The SMILES string of the molecule is COc1ccc(NC(=O)c2c(O)c3cnn(Cc4ccccc4)c3[nH]c2=O)cc1F. The van der Waals surface area contributed by atoms with Crippen LogP contribution in [0.1, 0.15) is 15.9 Å². The first-order chi connectivity index (χ1) is 14.5. The lowest BCUT2D eigenvalue weighted by Crippen LogP contribution is -2.24. The van der Waals surface area contributed by atoms with Crippen molar-refractivity contribution < 1.29 is 19.0 Å². The highest BCUT2D eigenvalue weighted by Crippen LogP contribution is 2.26. The zero-order valence-electron chi connectivity index (χ0n) is 15.8. The van der Waals surface area contributed by atoms with Gasteiger partial charge in [0.1, 0.15) is 17.0 Å². The number of aromatic nitrogens is 3. The highest BCUT2D eigenvalue weighted by Gasteiger charge is 2.22. The Morgan fingerprint density at radius 1 is 1.27 bits per heavy atom. The number of carbonyl (C=O) groups is 1. The molecule has 4 rings (SSSR count). The van der Waals surface area contributed by atoms with E-state index in [1.165, 1.54) is 30.1 Å². The number of methoxy groups -OCH3 is 1. The standard InChI is InChI=1S/C21H17FN4O4/c1-30-16-8-7-13(9-15(16)22)24-20(28)17-18(27)14-10-23-26(19(14)25-21(17)29)11-12-5-3-2-4-6-12/h2-10H,11H2,1H3,(H,24,28)(H2,25,27,29). The van der Waals surface area contributed by atoms with E-state index in [1.807, 2.05) is 30.3 Å². The molecule has 0 fully saturated rings. The molecule has 152 valence electrons. The Morgan fingerprint density at radius 3 is 2.73 bits per heavy atom. The molecule has 30 heavy (non-hydrogen) atoms. The highest BCUT2D eigenvalue weighted by molar-refractivity contribution is 6.08. The van der Waals surface area contributed by atoms with Crippen LogP contribution in [0.15, 0.2) is 59.5 Å². The van der Waals surface area contributed by atoms with Crippen LogP contribution in [0.4, 0.5) is 10.1 Å². The molecular weight excluding hydrogens is 391 g/mol. The van der Waals surface area contributed by atoms with Crippen LogP contribution in [0.25, 0.3) is 11.0 Å². The van der Waals surface area contributed by atoms with E-state index >= 15 is 0 Å². The third-order valence-corrected chi connectivity index (χ3v) is 4.60. The van der Waals surface area contributed by atoms with Gasteiger partial charge in [-0.05, 0) is 17.7 Å². The third-order valence-electron chi connectivity index (χ3n) is 4.60. The number of ether oxygens (including phenoxy) is 1. The quantitative estimate of drug-likeness (QED) is 0.471. The van der Waals surface area contributed by atoms with Gasteiger partial charge in [0, 0.05) is 11.8 Å². The van der Waals surface area contributed by atoms with Crippen LogP contribution in [0, 0.1) is 5.82 Å². The van der Waals surface area contributed by atoms with Crippen LogP contribution in [0.2, 0.25) is 0 Å². The molecule has 0 saturated heterocycles. The number of rotatable bonds is 5. The molecule has 0 aliphatic carbocycles. The number of H-pyrrole nitrogens is 1. The summed E-state index contributed by atoms with van der Waals surface area (Å²) in [7, 11) is 1.32. The van der Waals surface area contributed by atoms with Crippen molar-refractivity contribution in [3.8, 4) is 11.5 Å². The molecule has 2 aromatic carbocycles. The number of halogens is 1. The molecule has 0 radical (unpaired) electrons. The maximum absolute atomic E-state index is 13.8. The van der Waals surface area contributed by atoms with E-state index in [1.54, 1.807) is 0 Å². The molecule has 0 spiro atoms. The number of benzene rings is 2. The second-order valence-corrected chi connectivity index (χ2v) is 6.53. The Hall–Kier alpha value is -4.14. The van der Waals surface area contributed by atoms with Crippen molar-refractivity contribution in [3.05, 3.63) is 82.0 Å². The predicted molar refractivity (Wildman–Crippen MR) is 108 cm³/mol. The van der Waals surface area contributed by atoms with Crippen LogP contribution in [0.3, 0.4) is 0 Å². The van der Waals surface area contributed by atoms with Gasteiger partial charge < -0.3 is 20.1 Å². The lowest BCUT2D eigenvalue weighted by atomic mass is 10.2. The van der Waals surface area contributed by atoms with Crippen LogP contribution < -0.4 is 15.6 Å². The number of nitrogens with zero attached hydrogens (tertiary/aromatic N) is 2. The zero-order valence-corrected chi connectivity index (χ0v) is 15.8. The number of hydrogen-bond acceptors (Lipinski definition) is 5. The summed E-state index contributed by atoms with van der Waals surface area (Å²) >= 11 is 0. The van der Waals surface area contributed by atoms with Crippen molar-refractivity contribution in [2.75, 3.05) is 12.4 Å². The molecule has 8 nitrogen and oxygen atoms in total. The van der Waals surface area contributed by atoms with E-state index in [0.717, 1.165) is 11.6 Å². The number of fused-ring (bicyclic) bond motifs is 1. The number of hydrogen-bond donors (Lipinski definition) is 3. The van der Waals surface area contributed by atoms with Crippen molar-refractivity contribution in [1.29, 1.82) is 0 Å². The number of anilines is 1. The first-order valence-electron chi connectivity index (χ1n) is 8.97.